The lowest BCUT2D eigenvalue weighted by Gasteiger charge is -2.28. The number of fused-ring (bicyclic) bond motifs is 1. The van der Waals surface area contributed by atoms with Gasteiger partial charge in [-0.05, 0) is 74.1 Å². The predicted octanol–water partition coefficient (Wildman–Crippen LogP) is 5.09. The second-order valence-electron chi connectivity index (χ2n) is 9.02. The summed E-state index contributed by atoms with van der Waals surface area (Å²) in [4.78, 5) is 18.7. The van der Waals surface area contributed by atoms with E-state index in [1.807, 2.05) is 66.9 Å². The van der Waals surface area contributed by atoms with Gasteiger partial charge < -0.3 is 29.4 Å². The number of carboxylic acid groups (broad SMARTS) is 1. The first-order valence-corrected chi connectivity index (χ1v) is 12.3. The third-order valence-corrected chi connectivity index (χ3v) is 7.21. The van der Waals surface area contributed by atoms with Crippen molar-refractivity contribution < 1.29 is 19.4 Å². The molecule has 0 bridgehead atoms. The largest absolute Gasteiger partial charge is 0.478 e. The average molecular weight is 513 g/mol. The Morgan fingerprint density at radius 2 is 1.84 bits per heavy atom. The van der Waals surface area contributed by atoms with Crippen molar-refractivity contribution in [2.24, 2.45) is 0 Å². The van der Waals surface area contributed by atoms with Crippen LogP contribution in [-0.4, -0.2) is 32.5 Å². The second-order valence-corrected chi connectivity index (χ2v) is 9.41. The Kier molecular flexibility index (Phi) is 5.57. The Bertz CT molecular complexity index is 1530. The number of carbonyl (C=O) groups is 1. The minimum Gasteiger partial charge on any atom is -0.478 e. The number of hydrogen-bond donors (Lipinski definition) is 2. The molecule has 6 rings (SSSR count). The lowest BCUT2D eigenvalue weighted by Crippen LogP contribution is -2.29. The van der Waals surface area contributed by atoms with Gasteiger partial charge in [0, 0.05) is 29.3 Å². The fraction of sp³-hybridized carbons (Fsp3) is 0.179. The number of anilines is 1. The summed E-state index contributed by atoms with van der Waals surface area (Å²) in [6.45, 7) is 4.18. The molecule has 2 aliphatic heterocycles. The van der Waals surface area contributed by atoms with Crippen LogP contribution in [0.4, 0.5) is 5.69 Å². The monoisotopic (exact) mass is 512 g/mol. The normalized spacial score (nSPS) is 18.2. The van der Waals surface area contributed by atoms with E-state index >= 15 is 0 Å². The molecule has 186 valence electrons. The molecule has 37 heavy (non-hydrogen) atoms. The molecule has 4 aromatic rings. The molecule has 2 unspecified atom stereocenters. The minimum absolute atomic E-state index is 0.186. The lowest BCUT2D eigenvalue weighted by atomic mass is 9.96. The summed E-state index contributed by atoms with van der Waals surface area (Å²) in [6.07, 6.45) is 1.77. The molecular formula is C28H24N4O4S. The number of pyridine rings is 1. The zero-order valence-electron chi connectivity index (χ0n) is 20.2. The summed E-state index contributed by atoms with van der Waals surface area (Å²) in [7, 11) is 0. The first kappa shape index (κ1) is 23.1. The Hall–Kier alpha value is -4.37. The molecule has 8 nitrogen and oxygen atoms in total. The van der Waals surface area contributed by atoms with Crippen LogP contribution >= 0.6 is 12.2 Å². The van der Waals surface area contributed by atoms with E-state index < -0.39 is 5.97 Å². The number of hydrogen-bond acceptors (Lipinski definition) is 5. The van der Waals surface area contributed by atoms with Crippen LogP contribution in [0.5, 0.6) is 11.5 Å². The number of nitrogens with one attached hydrogen (secondary N) is 1. The van der Waals surface area contributed by atoms with Gasteiger partial charge in [-0.3, -0.25) is 4.98 Å². The minimum atomic E-state index is -0.971. The fourth-order valence-electron chi connectivity index (χ4n) is 5.29. The van der Waals surface area contributed by atoms with E-state index in [2.05, 4.69) is 21.3 Å². The number of aryl methyl sites for hydroxylation is 1. The maximum Gasteiger partial charge on any atom is 0.337 e. The molecule has 0 aliphatic carbocycles. The van der Waals surface area contributed by atoms with Crippen molar-refractivity contribution in [2.75, 3.05) is 11.7 Å². The fourth-order valence-corrected chi connectivity index (χ4v) is 5.64. The number of aromatic nitrogens is 2. The molecule has 2 aromatic carbocycles. The number of rotatable bonds is 5. The standard InChI is InChI=1S/C28H24N4O4S/c1-16-13-20(17(2)31(16)22-9-4-3-7-19(22)27(33)34)26-25(21-8-5-6-12-29-21)30-28(37)32(26)18-10-11-23-24(14-18)36-15-35-23/h3-14,25-26H,15H2,1-2H3,(H,30,37)(H,33,34). The summed E-state index contributed by atoms with van der Waals surface area (Å²) in [5.74, 6) is 0.394. The van der Waals surface area contributed by atoms with Gasteiger partial charge in [-0.25, -0.2) is 4.79 Å². The van der Waals surface area contributed by atoms with Crippen molar-refractivity contribution in [3.05, 3.63) is 101 Å². The predicted molar refractivity (Wildman–Crippen MR) is 143 cm³/mol. The van der Waals surface area contributed by atoms with Crippen molar-refractivity contribution >= 4 is 29.0 Å². The smallest absolute Gasteiger partial charge is 0.337 e. The van der Waals surface area contributed by atoms with Crippen LogP contribution in [0.15, 0.2) is 72.9 Å². The molecule has 9 heteroatoms. The topological polar surface area (TPSA) is 88.9 Å². The maximum absolute atomic E-state index is 12.0. The second kappa shape index (κ2) is 8.94. The number of benzene rings is 2. The first-order chi connectivity index (χ1) is 17.9. The molecule has 0 radical (unpaired) electrons. The van der Waals surface area contributed by atoms with Crippen molar-refractivity contribution in [3.8, 4) is 17.2 Å². The van der Waals surface area contributed by atoms with Crippen molar-refractivity contribution in [1.29, 1.82) is 0 Å². The van der Waals surface area contributed by atoms with Crippen LogP contribution in [0.25, 0.3) is 5.69 Å². The number of aromatic carboxylic acids is 1. The molecule has 2 N–H and O–H groups in total. The Morgan fingerprint density at radius 1 is 1.05 bits per heavy atom. The zero-order chi connectivity index (χ0) is 25.7. The number of nitrogens with zero attached hydrogens (tertiary/aromatic N) is 3. The van der Waals surface area contributed by atoms with Crippen molar-refractivity contribution in [2.45, 2.75) is 25.9 Å². The third kappa shape index (κ3) is 3.79. The van der Waals surface area contributed by atoms with Crippen molar-refractivity contribution in [1.82, 2.24) is 14.9 Å². The summed E-state index contributed by atoms with van der Waals surface area (Å²) in [5, 5.41) is 13.9. The van der Waals surface area contributed by atoms with Crippen LogP contribution < -0.4 is 19.7 Å². The molecule has 0 saturated carbocycles. The molecule has 1 saturated heterocycles. The van der Waals surface area contributed by atoms with E-state index in [0.29, 0.717) is 22.3 Å². The number of carboxylic acids is 1. The molecular weight excluding hydrogens is 488 g/mol. The van der Waals surface area contributed by atoms with Crippen LogP contribution in [0.1, 0.15) is 45.1 Å². The van der Waals surface area contributed by atoms with Gasteiger partial charge in [0.1, 0.15) is 0 Å². The summed E-state index contributed by atoms with van der Waals surface area (Å²) in [6, 6.07) is 20.3. The van der Waals surface area contributed by atoms with Gasteiger partial charge in [-0.1, -0.05) is 18.2 Å². The van der Waals surface area contributed by atoms with Gasteiger partial charge in [-0.2, -0.15) is 0 Å². The van der Waals surface area contributed by atoms with Gasteiger partial charge in [0.25, 0.3) is 0 Å². The van der Waals surface area contributed by atoms with E-state index in [1.54, 1.807) is 18.3 Å². The van der Waals surface area contributed by atoms with Crippen LogP contribution in [-0.2, 0) is 0 Å². The maximum atomic E-state index is 12.0. The summed E-state index contributed by atoms with van der Waals surface area (Å²) in [5.41, 5.74) is 5.44. The van der Waals surface area contributed by atoms with E-state index in [0.717, 1.165) is 28.3 Å². The summed E-state index contributed by atoms with van der Waals surface area (Å²) >= 11 is 5.87. The number of thiocarbonyl (C=S) groups is 1. The highest BCUT2D eigenvalue weighted by Crippen LogP contribution is 2.46. The number of para-hydroxylation sites is 1. The Morgan fingerprint density at radius 3 is 2.62 bits per heavy atom. The SMILES string of the molecule is Cc1cc(C2C(c3ccccn3)NC(=S)N2c2ccc3c(c2)OCO3)c(C)n1-c1ccccc1C(=O)O. The molecule has 2 aliphatic rings. The quantitative estimate of drug-likeness (QED) is 0.358. The van der Waals surface area contributed by atoms with E-state index in [-0.39, 0.29) is 24.4 Å². The van der Waals surface area contributed by atoms with E-state index in [1.165, 1.54) is 0 Å². The number of ether oxygens (including phenoxy) is 2. The van der Waals surface area contributed by atoms with E-state index in [9.17, 15) is 9.90 Å². The zero-order valence-corrected chi connectivity index (χ0v) is 21.0. The molecule has 0 amide bonds. The lowest BCUT2D eigenvalue weighted by molar-refractivity contribution is 0.0697. The highest BCUT2D eigenvalue weighted by atomic mass is 32.1. The van der Waals surface area contributed by atoms with Crippen LogP contribution in [0, 0.1) is 13.8 Å². The van der Waals surface area contributed by atoms with Gasteiger partial charge >= 0.3 is 5.97 Å². The van der Waals surface area contributed by atoms with Crippen LogP contribution in [0.3, 0.4) is 0 Å². The van der Waals surface area contributed by atoms with Crippen LogP contribution in [0.2, 0.25) is 0 Å². The highest BCUT2D eigenvalue weighted by Gasteiger charge is 2.42. The molecule has 2 aromatic heterocycles. The molecule has 2 atom stereocenters. The molecule has 0 spiro atoms. The Balaban J connectivity index is 1.53. The van der Waals surface area contributed by atoms with Crippen molar-refractivity contribution in [3.63, 3.8) is 0 Å². The van der Waals surface area contributed by atoms with E-state index in [4.69, 9.17) is 21.7 Å². The molecule has 1 fully saturated rings. The van der Waals surface area contributed by atoms with Gasteiger partial charge in [0.15, 0.2) is 16.6 Å². The third-order valence-electron chi connectivity index (χ3n) is 6.90. The first-order valence-electron chi connectivity index (χ1n) is 11.9. The average Bonchev–Trinajstić information content (AvgIpc) is 3.59. The summed E-state index contributed by atoms with van der Waals surface area (Å²) < 4.78 is 13.1. The van der Waals surface area contributed by atoms with Gasteiger partial charge in [-0.15, -0.1) is 0 Å². The van der Waals surface area contributed by atoms with Gasteiger partial charge in [0.2, 0.25) is 6.79 Å². The highest BCUT2D eigenvalue weighted by molar-refractivity contribution is 7.80. The van der Waals surface area contributed by atoms with Gasteiger partial charge in [0.05, 0.1) is 29.0 Å². The Labute approximate surface area is 219 Å². The molecule has 4 heterocycles.